The second-order valence-corrected chi connectivity index (χ2v) is 6.66. The number of hydrogen-bond acceptors (Lipinski definition) is 3. The van der Waals surface area contributed by atoms with E-state index in [2.05, 4.69) is 5.32 Å². The quantitative estimate of drug-likeness (QED) is 0.777. The first-order valence-corrected chi connectivity index (χ1v) is 8.31. The van der Waals surface area contributed by atoms with Gasteiger partial charge in [0.15, 0.2) is 0 Å². The Morgan fingerprint density at radius 3 is 2.68 bits per heavy atom. The zero-order chi connectivity index (χ0) is 13.0. The number of nitrogens with one attached hydrogen (secondary N) is 1. The Hall–Kier alpha value is -0.120. The summed E-state index contributed by atoms with van der Waals surface area (Å²) in [6.07, 6.45) is 10.4. The van der Waals surface area contributed by atoms with Crippen molar-refractivity contribution < 1.29 is 9.47 Å². The van der Waals surface area contributed by atoms with Crippen LogP contribution in [0.5, 0.6) is 0 Å². The first-order chi connectivity index (χ1) is 9.39. The molecule has 0 amide bonds. The predicted octanol–water partition coefficient (Wildman–Crippen LogP) is 2.74. The van der Waals surface area contributed by atoms with Crippen molar-refractivity contribution in [2.24, 2.45) is 11.8 Å². The van der Waals surface area contributed by atoms with Crippen molar-refractivity contribution in [1.82, 2.24) is 5.32 Å². The minimum Gasteiger partial charge on any atom is -0.381 e. The summed E-state index contributed by atoms with van der Waals surface area (Å²) < 4.78 is 12.1. The molecule has 0 aromatic rings. The standard InChI is InChI=1S/C16H29NO2/c1-2-4-14(3-1)13-18-11-5-15-6-12-19-16(15)7-9-17-10-8-16/h14-15,17H,1-13H2. The molecule has 3 nitrogen and oxygen atoms in total. The highest BCUT2D eigenvalue weighted by Gasteiger charge is 2.44. The summed E-state index contributed by atoms with van der Waals surface area (Å²) in [7, 11) is 0. The molecule has 0 bridgehead atoms. The smallest absolute Gasteiger partial charge is 0.0736 e. The minimum absolute atomic E-state index is 0.196. The fraction of sp³-hybridized carbons (Fsp3) is 1.00. The van der Waals surface area contributed by atoms with E-state index in [1.54, 1.807) is 0 Å². The van der Waals surface area contributed by atoms with Gasteiger partial charge in [-0.1, -0.05) is 12.8 Å². The molecule has 3 rings (SSSR count). The Bertz CT molecular complexity index is 270. The van der Waals surface area contributed by atoms with Crippen molar-refractivity contribution in [2.45, 2.75) is 57.0 Å². The molecule has 3 fully saturated rings. The Kier molecular flexibility index (Phi) is 4.78. The maximum atomic E-state index is 6.13. The molecule has 1 spiro atoms. The Morgan fingerprint density at radius 2 is 1.89 bits per heavy atom. The van der Waals surface area contributed by atoms with Crippen molar-refractivity contribution in [1.29, 1.82) is 0 Å². The number of piperidine rings is 1. The van der Waals surface area contributed by atoms with E-state index in [1.807, 2.05) is 0 Å². The molecule has 3 aliphatic rings. The Balaban J connectivity index is 1.38. The van der Waals surface area contributed by atoms with E-state index < -0.39 is 0 Å². The maximum absolute atomic E-state index is 6.13. The zero-order valence-corrected chi connectivity index (χ0v) is 12.2. The van der Waals surface area contributed by atoms with Crippen LogP contribution < -0.4 is 5.32 Å². The first-order valence-electron chi connectivity index (χ1n) is 8.31. The average Bonchev–Trinajstić information content (AvgIpc) is 3.07. The lowest BCUT2D eigenvalue weighted by atomic mass is 9.78. The van der Waals surface area contributed by atoms with E-state index >= 15 is 0 Å². The number of rotatable bonds is 5. The molecular weight excluding hydrogens is 238 g/mol. The van der Waals surface area contributed by atoms with Crippen LogP contribution in [0.15, 0.2) is 0 Å². The minimum atomic E-state index is 0.196. The van der Waals surface area contributed by atoms with Crippen molar-refractivity contribution in [2.75, 3.05) is 32.9 Å². The third-order valence-corrected chi connectivity index (χ3v) is 5.49. The first kappa shape index (κ1) is 13.8. The molecule has 110 valence electrons. The number of ether oxygens (including phenoxy) is 2. The third-order valence-electron chi connectivity index (χ3n) is 5.49. The molecule has 2 aliphatic heterocycles. The van der Waals surface area contributed by atoms with Crippen LogP contribution in [-0.4, -0.2) is 38.5 Å². The van der Waals surface area contributed by atoms with Crippen LogP contribution in [0, 0.1) is 11.8 Å². The van der Waals surface area contributed by atoms with Gasteiger partial charge in [-0.25, -0.2) is 0 Å². The molecule has 1 atom stereocenters. The molecule has 0 aromatic carbocycles. The largest absolute Gasteiger partial charge is 0.381 e. The zero-order valence-electron chi connectivity index (χ0n) is 12.2. The van der Waals surface area contributed by atoms with Crippen LogP contribution in [0.4, 0.5) is 0 Å². The summed E-state index contributed by atoms with van der Waals surface area (Å²) in [4.78, 5) is 0. The van der Waals surface area contributed by atoms with Crippen molar-refractivity contribution in [3.05, 3.63) is 0 Å². The van der Waals surface area contributed by atoms with E-state index in [4.69, 9.17) is 9.47 Å². The lowest BCUT2D eigenvalue weighted by Crippen LogP contribution is -2.46. The molecule has 2 heterocycles. The molecule has 0 radical (unpaired) electrons. The lowest BCUT2D eigenvalue weighted by Gasteiger charge is -2.38. The Labute approximate surface area is 117 Å². The van der Waals surface area contributed by atoms with Gasteiger partial charge in [-0.05, 0) is 63.5 Å². The van der Waals surface area contributed by atoms with Crippen LogP contribution in [0.1, 0.15) is 51.4 Å². The van der Waals surface area contributed by atoms with E-state index in [1.165, 1.54) is 51.4 Å². The monoisotopic (exact) mass is 267 g/mol. The summed E-state index contributed by atoms with van der Waals surface area (Å²) >= 11 is 0. The van der Waals surface area contributed by atoms with Gasteiger partial charge in [0, 0.05) is 19.8 Å². The molecule has 3 heteroatoms. The maximum Gasteiger partial charge on any atom is 0.0736 e. The van der Waals surface area contributed by atoms with Crippen LogP contribution >= 0.6 is 0 Å². The highest BCUT2D eigenvalue weighted by Crippen LogP contribution is 2.41. The van der Waals surface area contributed by atoms with Gasteiger partial charge in [0.25, 0.3) is 0 Å². The summed E-state index contributed by atoms with van der Waals surface area (Å²) in [6, 6.07) is 0. The van der Waals surface area contributed by atoms with E-state index in [0.29, 0.717) is 0 Å². The van der Waals surface area contributed by atoms with E-state index in [9.17, 15) is 0 Å². The number of hydrogen-bond donors (Lipinski definition) is 1. The van der Waals surface area contributed by atoms with E-state index in [0.717, 1.165) is 44.7 Å². The average molecular weight is 267 g/mol. The lowest BCUT2D eigenvalue weighted by molar-refractivity contribution is -0.0518. The van der Waals surface area contributed by atoms with Gasteiger partial charge in [-0.15, -0.1) is 0 Å². The second-order valence-electron chi connectivity index (χ2n) is 6.66. The molecule has 1 aliphatic carbocycles. The van der Waals surface area contributed by atoms with Crippen molar-refractivity contribution in [3.63, 3.8) is 0 Å². The summed E-state index contributed by atoms with van der Waals surface area (Å²) in [5.74, 6) is 1.59. The van der Waals surface area contributed by atoms with Crippen LogP contribution in [0.2, 0.25) is 0 Å². The molecular formula is C16H29NO2. The van der Waals surface area contributed by atoms with E-state index in [-0.39, 0.29) is 5.60 Å². The van der Waals surface area contributed by atoms with Gasteiger partial charge < -0.3 is 14.8 Å². The Morgan fingerprint density at radius 1 is 1.11 bits per heavy atom. The van der Waals surface area contributed by atoms with Crippen molar-refractivity contribution >= 4 is 0 Å². The van der Waals surface area contributed by atoms with Gasteiger partial charge in [-0.3, -0.25) is 0 Å². The fourth-order valence-corrected chi connectivity index (χ4v) is 4.25. The molecule has 2 saturated heterocycles. The summed E-state index contributed by atoms with van der Waals surface area (Å²) in [5, 5.41) is 3.45. The van der Waals surface area contributed by atoms with Crippen molar-refractivity contribution in [3.8, 4) is 0 Å². The molecule has 0 aromatic heterocycles. The molecule has 1 N–H and O–H groups in total. The normalized spacial score (nSPS) is 31.3. The van der Waals surface area contributed by atoms with Gasteiger partial charge in [-0.2, -0.15) is 0 Å². The highest BCUT2D eigenvalue weighted by atomic mass is 16.5. The molecule has 1 unspecified atom stereocenters. The summed E-state index contributed by atoms with van der Waals surface area (Å²) in [6.45, 7) is 5.16. The second kappa shape index (κ2) is 6.55. The van der Waals surface area contributed by atoms with Gasteiger partial charge in [0.1, 0.15) is 0 Å². The van der Waals surface area contributed by atoms with Crippen LogP contribution in [0.3, 0.4) is 0 Å². The summed E-state index contributed by atoms with van der Waals surface area (Å²) in [5.41, 5.74) is 0.196. The van der Waals surface area contributed by atoms with Gasteiger partial charge in [0.2, 0.25) is 0 Å². The van der Waals surface area contributed by atoms with Gasteiger partial charge in [0.05, 0.1) is 5.60 Å². The predicted molar refractivity (Wildman–Crippen MR) is 76.3 cm³/mol. The fourth-order valence-electron chi connectivity index (χ4n) is 4.25. The molecule has 1 saturated carbocycles. The van der Waals surface area contributed by atoms with Crippen LogP contribution in [0.25, 0.3) is 0 Å². The third kappa shape index (κ3) is 3.32. The highest BCUT2D eigenvalue weighted by molar-refractivity contribution is 4.95. The topological polar surface area (TPSA) is 30.5 Å². The van der Waals surface area contributed by atoms with Gasteiger partial charge >= 0.3 is 0 Å². The SMILES string of the molecule is C1CCC(COCCC2CCOC23CCNCC3)C1. The van der Waals surface area contributed by atoms with Crippen LogP contribution in [-0.2, 0) is 9.47 Å². The molecule has 19 heavy (non-hydrogen) atoms.